The molecular formula is C7H13N3. The van der Waals surface area contributed by atoms with E-state index in [1.807, 2.05) is 0 Å². The molecule has 0 spiro atoms. The zero-order valence-electron chi connectivity index (χ0n) is 6.01. The average Bonchev–Trinajstić information content (AvgIpc) is 1.94. The van der Waals surface area contributed by atoms with E-state index in [0.717, 1.165) is 19.5 Å². The van der Waals surface area contributed by atoms with Gasteiger partial charge in [-0.2, -0.15) is 5.26 Å². The molecule has 0 amide bonds. The van der Waals surface area contributed by atoms with E-state index in [1.165, 1.54) is 0 Å². The van der Waals surface area contributed by atoms with E-state index in [4.69, 9.17) is 11.0 Å². The SMILES string of the molecule is N#CCC1CNCCC1N. The predicted octanol–water partition coefficient (Wildman–Crippen LogP) is -0.163. The maximum atomic E-state index is 8.40. The van der Waals surface area contributed by atoms with Gasteiger partial charge in [0.25, 0.3) is 0 Å². The Hall–Kier alpha value is -0.590. The minimum absolute atomic E-state index is 0.237. The summed E-state index contributed by atoms with van der Waals surface area (Å²) in [6.45, 7) is 1.91. The number of piperidine rings is 1. The quantitative estimate of drug-likeness (QED) is 0.530. The Morgan fingerprint density at radius 2 is 2.50 bits per heavy atom. The van der Waals surface area contributed by atoms with Crippen molar-refractivity contribution in [1.82, 2.24) is 5.32 Å². The van der Waals surface area contributed by atoms with Crippen LogP contribution in [0.2, 0.25) is 0 Å². The first-order chi connectivity index (χ1) is 4.84. The van der Waals surface area contributed by atoms with E-state index in [1.54, 1.807) is 0 Å². The van der Waals surface area contributed by atoms with Gasteiger partial charge in [-0.1, -0.05) is 0 Å². The van der Waals surface area contributed by atoms with Gasteiger partial charge in [0.2, 0.25) is 0 Å². The molecule has 1 rings (SSSR count). The first kappa shape index (κ1) is 7.52. The van der Waals surface area contributed by atoms with Crippen LogP contribution in [0.4, 0.5) is 0 Å². The van der Waals surface area contributed by atoms with E-state index >= 15 is 0 Å². The second-order valence-electron chi connectivity index (χ2n) is 2.78. The fourth-order valence-corrected chi connectivity index (χ4v) is 1.28. The molecule has 0 saturated carbocycles. The van der Waals surface area contributed by atoms with Crippen LogP contribution in [0.15, 0.2) is 0 Å². The van der Waals surface area contributed by atoms with E-state index in [0.29, 0.717) is 12.3 Å². The topological polar surface area (TPSA) is 61.8 Å². The second-order valence-corrected chi connectivity index (χ2v) is 2.78. The van der Waals surface area contributed by atoms with Gasteiger partial charge in [0.15, 0.2) is 0 Å². The molecule has 2 unspecified atom stereocenters. The lowest BCUT2D eigenvalue weighted by Crippen LogP contribution is -2.44. The first-order valence-corrected chi connectivity index (χ1v) is 3.68. The summed E-state index contributed by atoms with van der Waals surface area (Å²) in [6.07, 6.45) is 1.60. The van der Waals surface area contributed by atoms with Crippen LogP contribution in [0, 0.1) is 17.2 Å². The van der Waals surface area contributed by atoms with Gasteiger partial charge >= 0.3 is 0 Å². The Labute approximate surface area is 61.2 Å². The van der Waals surface area contributed by atoms with Crippen LogP contribution in [-0.2, 0) is 0 Å². The van der Waals surface area contributed by atoms with Crippen molar-refractivity contribution in [3.63, 3.8) is 0 Å². The van der Waals surface area contributed by atoms with Gasteiger partial charge in [0, 0.05) is 19.0 Å². The van der Waals surface area contributed by atoms with Gasteiger partial charge in [0.05, 0.1) is 6.07 Å². The fourth-order valence-electron chi connectivity index (χ4n) is 1.28. The highest BCUT2D eigenvalue weighted by atomic mass is 14.9. The summed E-state index contributed by atoms with van der Waals surface area (Å²) in [5.41, 5.74) is 5.77. The van der Waals surface area contributed by atoms with E-state index in [2.05, 4.69) is 11.4 Å². The highest BCUT2D eigenvalue weighted by molar-refractivity contribution is 4.87. The van der Waals surface area contributed by atoms with Crippen molar-refractivity contribution in [2.45, 2.75) is 18.9 Å². The fraction of sp³-hybridized carbons (Fsp3) is 0.857. The summed E-state index contributed by atoms with van der Waals surface area (Å²) in [5, 5.41) is 11.6. The lowest BCUT2D eigenvalue weighted by Gasteiger charge is -2.27. The van der Waals surface area contributed by atoms with E-state index in [9.17, 15) is 0 Å². The van der Waals surface area contributed by atoms with Crippen molar-refractivity contribution in [1.29, 1.82) is 5.26 Å². The summed E-state index contributed by atoms with van der Waals surface area (Å²) in [4.78, 5) is 0. The van der Waals surface area contributed by atoms with Crippen LogP contribution in [0.3, 0.4) is 0 Å². The first-order valence-electron chi connectivity index (χ1n) is 3.68. The summed E-state index contributed by atoms with van der Waals surface area (Å²) < 4.78 is 0. The molecule has 3 N–H and O–H groups in total. The minimum Gasteiger partial charge on any atom is -0.327 e. The Kier molecular flexibility index (Phi) is 2.67. The van der Waals surface area contributed by atoms with Crippen LogP contribution in [0.5, 0.6) is 0 Å². The van der Waals surface area contributed by atoms with E-state index < -0.39 is 0 Å². The summed E-state index contributed by atoms with van der Waals surface area (Å²) in [7, 11) is 0. The molecule has 10 heavy (non-hydrogen) atoms. The van der Waals surface area contributed by atoms with Crippen molar-refractivity contribution in [3.05, 3.63) is 0 Å². The van der Waals surface area contributed by atoms with Crippen molar-refractivity contribution in [3.8, 4) is 6.07 Å². The zero-order valence-corrected chi connectivity index (χ0v) is 6.01. The third kappa shape index (κ3) is 1.69. The van der Waals surface area contributed by atoms with Crippen molar-refractivity contribution in [2.75, 3.05) is 13.1 Å². The Bertz CT molecular complexity index is 138. The molecule has 1 saturated heterocycles. The number of hydrogen-bond acceptors (Lipinski definition) is 3. The molecule has 0 aliphatic carbocycles. The number of hydrogen-bond donors (Lipinski definition) is 2. The molecule has 3 nitrogen and oxygen atoms in total. The normalized spacial score (nSPS) is 33.2. The van der Waals surface area contributed by atoms with Crippen molar-refractivity contribution >= 4 is 0 Å². The second kappa shape index (κ2) is 3.55. The van der Waals surface area contributed by atoms with Gasteiger partial charge in [0.1, 0.15) is 0 Å². The molecule has 1 fully saturated rings. The van der Waals surface area contributed by atoms with Crippen LogP contribution in [0.1, 0.15) is 12.8 Å². The zero-order chi connectivity index (χ0) is 7.40. The lowest BCUT2D eigenvalue weighted by molar-refractivity contribution is 0.331. The largest absolute Gasteiger partial charge is 0.327 e. The molecule has 0 aromatic heterocycles. The van der Waals surface area contributed by atoms with Gasteiger partial charge < -0.3 is 11.1 Å². The Morgan fingerprint density at radius 1 is 1.70 bits per heavy atom. The van der Waals surface area contributed by atoms with Crippen LogP contribution in [-0.4, -0.2) is 19.1 Å². The minimum atomic E-state index is 0.237. The summed E-state index contributed by atoms with van der Waals surface area (Å²) >= 11 is 0. The van der Waals surface area contributed by atoms with Crippen LogP contribution >= 0.6 is 0 Å². The molecule has 1 aliphatic rings. The number of nitrogens with two attached hydrogens (primary N) is 1. The predicted molar refractivity (Wildman–Crippen MR) is 39.2 cm³/mol. The number of nitriles is 1. The highest BCUT2D eigenvalue weighted by Crippen LogP contribution is 2.11. The van der Waals surface area contributed by atoms with Crippen molar-refractivity contribution < 1.29 is 0 Å². The van der Waals surface area contributed by atoms with Crippen LogP contribution in [0.25, 0.3) is 0 Å². The number of nitrogens with zero attached hydrogens (tertiary/aromatic N) is 1. The molecule has 3 heteroatoms. The molecule has 0 aromatic rings. The monoisotopic (exact) mass is 139 g/mol. The third-order valence-electron chi connectivity index (χ3n) is 2.02. The standard InChI is InChI=1S/C7H13N3/c8-3-1-6-5-10-4-2-7(6)9/h6-7,10H,1-2,4-5,9H2. The van der Waals surface area contributed by atoms with Gasteiger partial charge in [-0.3, -0.25) is 0 Å². The van der Waals surface area contributed by atoms with Gasteiger partial charge in [-0.15, -0.1) is 0 Å². The smallest absolute Gasteiger partial charge is 0.0625 e. The maximum Gasteiger partial charge on any atom is 0.0625 e. The lowest BCUT2D eigenvalue weighted by atomic mass is 9.92. The molecule has 1 aliphatic heterocycles. The molecule has 2 atom stereocenters. The highest BCUT2D eigenvalue weighted by Gasteiger charge is 2.20. The van der Waals surface area contributed by atoms with Gasteiger partial charge in [-0.25, -0.2) is 0 Å². The summed E-state index contributed by atoms with van der Waals surface area (Å²) in [5.74, 6) is 0.374. The number of nitrogens with one attached hydrogen (secondary N) is 1. The van der Waals surface area contributed by atoms with Gasteiger partial charge in [-0.05, 0) is 18.9 Å². The maximum absolute atomic E-state index is 8.40. The Balaban J connectivity index is 2.34. The molecular weight excluding hydrogens is 126 g/mol. The molecule has 0 radical (unpaired) electrons. The summed E-state index contributed by atoms with van der Waals surface area (Å²) in [6, 6.07) is 2.38. The van der Waals surface area contributed by atoms with Crippen LogP contribution < -0.4 is 11.1 Å². The third-order valence-corrected chi connectivity index (χ3v) is 2.02. The Morgan fingerprint density at radius 3 is 3.10 bits per heavy atom. The van der Waals surface area contributed by atoms with E-state index in [-0.39, 0.29) is 6.04 Å². The molecule has 1 heterocycles. The number of rotatable bonds is 1. The molecule has 56 valence electrons. The molecule has 0 bridgehead atoms. The average molecular weight is 139 g/mol. The van der Waals surface area contributed by atoms with Crippen molar-refractivity contribution in [2.24, 2.45) is 11.7 Å². The molecule has 0 aromatic carbocycles.